The summed E-state index contributed by atoms with van der Waals surface area (Å²) >= 11 is 0. The zero-order valence-electron chi connectivity index (χ0n) is 20.2. The van der Waals surface area contributed by atoms with Gasteiger partial charge in [0.25, 0.3) is 10.0 Å². The molecule has 0 radical (unpaired) electrons. The topological polar surface area (TPSA) is 111 Å². The lowest BCUT2D eigenvalue weighted by molar-refractivity contribution is -0.122. The Hall–Kier alpha value is -3.52. The van der Waals surface area contributed by atoms with Crippen molar-refractivity contribution in [3.8, 4) is 6.07 Å². The van der Waals surface area contributed by atoms with E-state index in [-0.39, 0.29) is 23.9 Å². The molecule has 0 bridgehead atoms. The first-order chi connectivity index (χ1) is 17.4. The number of carbonyl (C=O) groups excluding carboxylic acids is 1. The van der Waals surface area contributed by atoms with Crippen molar-refractivity contribution in [1.82, 2.24) is 24.1 Å². The van der Waals surface area contributed by atoms with Gasteiger partial charge in [-0.25, -0.2) is 13.4 Å². The van der Waals surface area contributed by atoms with Crippen molar-refractivity contribution in [2.45, 2.75) is 30.5 Å². The summed E-state index contributed by atoms with van der Waals surface area (Å²) in [6.07, 6.45) is 3.50. The van der Waals surface area contributed by atoms with E-state index in [9.17, 15) is 18.5 Å². The molecule has 10 heteroatoms. The highest BCUT2D eigenvalue weighted by Crippen LogP contribution is 2.30. The maximum absolute atomic E-state index is 13.8. The standard InChI is InChI=1S/C26H30N6O3S/c1-30-19-26(29-20-30)36(34,35)32-14-7-13-31(18-23-11-6-5-10-22(23)17-27)15-12-28-25(33)16-24(32)21-8-3-2-4-9-21/h2-6,8-11,19-20,24H,7,12-16,18H2,1H3,(H,28,33). The van der Waals surface area contributed by atoms with Gasteiger partial charge in [-0.05, 0) is 30.2 Å². The van der Waals surface area contributed by atoms with E-state index >= 15 is 0 Å². The van der Waals surface area contributed by atoms with Crippen molar-refractivity contribution in [2.24, 2.45) is 7.05 Å². The van der Waals surface area contributed by atoms with Gasteiger partial charge in [0.05, 0.1) is 24.0 Å². The second-order valence-electron chi connectivity index (χ2n) is 8.87. The maximum atomic E-state index is 13.8. The summed E-state index contributed by atoms with van der Waals surface area (Å²) < 4.78 is 30.5. The summed E-state index contributed by atoms with van der Waals surface area (Å²) in [4.78, 5) is 19.2. The van der Waals surface area contributed by atoms with Crippen molar-refractivity contribution in [1.29, 1.82) is 5.26 Å². The smallest absolute Gasteiger partial charge is 0.262 e. The molecule has 2 aromatic carbocycles. The fourth-order valence-corrected chi connectivity index (χ4v) is 6.10. The van der Waals surface area contributed by atoms with Crippen molar-refractivity contribution < 1.29 is 13.2 Å². The van der Waals surface area contributed by atoms with Gasteiger partial charge >= 0.3 is 0 Å². The van der Waals surface area contributed by atoms with E-state index in [1.54, 1.807) is 17.7 Å². The SMILES string of the molecule is Cn1cnc(S(=O)(=O)N2CCCN(Cc3ccccc3C#N)CCNC(=O)CC2c2ccccc2)c1. The summed E-state index contributed by atoms with van der Waals surface area (Å²) in [6.45, 7) is 2.39. The van der Waals surface area contributed by atoms with Crippen molar-refractivity contribution in [3.63, 3.8) is 0 Å². The van der Waals surface area contributed by atoms with Crippen LogP contribution in [0.3, 0.4) is 0 Å². The fraction of sp³-hybridized carbons (Fsp3) is 0.346. The molecule has 1 unspecified atom stereocenters. The van der Waals surface area contributed by atoms with Gasteiger partial charge in [-0.1, -0.05) is 48.5 Å². The Morgan fingerprint density at radius 2 is 1.83 bits per heavy atom. The van der Waals surface area contributed by atoms with Crippen LogP contribution >= 0.6 is 0 Å². The molecule has 1 amide bonds. The first kappa shape index (κ1) is 25.6. The van der Waals surface area contributed by atoms with Gasteiger partial charge in [-0.2, -0.15) is 9.57 Å². The Balaban J connectivity index is 1.65. The van der Waals surface area contributed by atoms with E-state index in [4.69, 9.17) is 0 Å². The number of carbonyl (C=O) groups is 1. The van der Waals surface area contributed by atoms with Crippen LogP contribution in [0.25, 0.3) is 0 Å². The molecule has 0 spiro atoms. The van der Waals surface area contributed by atoms with Crippen molar-refractivity contribution >= 4 is 15.9 Å². The van der Waals surface area contributed by atoms with Gasteiger partial charge in [0.2, 0.25) is 5.91 Å². The predicted molar refractivity (Wildman–Crippen MR) is 135 cm³/mol. The largest absolute Gasteiger partial charge is 0.355 e. The number of nitrogens with zero attached hydrogens (tertiary/aromatic N) is 5. The van der Waals surface area contributed by atoms with Crippen LogP contribution in [-0.2, 0) is 28.4 Å². The molecule has 0 saturated carbocycles. The summed E-state index contributed by atoms with van der Waals surface area (Å²) in [5.74, 6) is -0.218. The Labute approximate surface area is 212 Å². The van der Waals surface area contributed by atoms with Gasteiger partial charge < -0.3 is 9.88 Å². The van der Waals surface area contributed by atoms with Crippen LogP contribution in [-0.4, -0.2) is 59.3 Å². The third-order valence-corrected chi connectivity index (χ3v) is 8.09. The van der Waals surface area contributed by atoms with Gasteiger partial charge in [0.1, 0.15) is 0 Å². The van der Waals surface area contributed by atoms with E-state index < -0.39 is 16.1 Å². The zero-order chi connectivity index (χ0) is 25.5. The first-order valence-corrected chi connectivity index (χ1v) is 13.3. The molecule has 1 N–H and O–H groups in total. The van der Waals surface area contributed by atoms with Gasteiger partial charge in [-0.3, -0.25) is 9.69 Å². The lowest BCUT2D eigenvalue weighted by atomic mass is 10.0. The first-order valence-electron chi connectivity index (χ1n) is 11.9. The molecule has 3 aromatic rings. The van der Waals surface area contributed by atoms with Crippen LogP contribution in [0, 0.1) is 11.3 Å². The third kappa shape index (κ3) is 5.99. The number of sulfonamides is 1. The minimum Gasteiger partial charge on any atom is -0.355 e. The number of aromatic nitrogens is 2. The zero-order valence-corrected chi connectivity index (χ0v) is 21.1. The van der Waals surface area contributed by atoms with Crippen LogP contribution in [0.4, 0.5) is 0 Å². The van der Waals surface area contributed by atoms with Crippen LogP contribution in [0.2, 0.25) is 0 Å². The number of nitriles is 1. The number of amides is 1. The fourth-order valence-electron chi connectivity index (χ4n) is 4.48. The second-order valence-corrected chi connectivity index (χ2v) is 10.7. The molecule has 1 aromatic heterocycles. The number of hydrogen-bond acceptors (Lipinski definition) is 6. The molecule has 188 valence electrons. The molecule has 1 fully saturated rings. The molecule has 1 aliphatic rings. The van der Waals surface area contributed by atoms with Crippen molar-refractivity contribution in [3.05, 3.63) is 83.8 Å². The predicted octanol–water partition coefficient (Wildman–Crippen LogP) is 2.44. The van der Waals surface area contributed by atoms with Crippen LogP contribution in [0.1, 0.15) is 35.6 Å². The van der Waals surface area contributed by atoms with E-state index in [0.29, 0.717) is 38.2 Å². The summed E-state index contributed by atoms with van der Waals surface area (Å²) in [5.41, 5.74) is 2.27. The van der Waals surface area contributed by atoms with Crippen molar-refractivity contribution in [2.75, 3.05) is 26.2 Å². The number of benzene rings is 2. The second kappa shape index (κ2) is 11.5. The van der Waals surface area contributed by atoms with E-state index in [1.165, 1.54) is 16.8 Å². The minimum atomic E-state index is -3.97. The number of nitrogens with one attached hydrogen (secondary N) is 1. The molecule has 2 heterocycles. The van der Waals surface area contributed by atoms with Crippen LogP contribution in [0.5, 0.6) is 0 Å². The monoisotopic (exact) mass is 506 g/mol. The van der Waals surface area contributed by atoms with E-state index in [1.807, 2.05) is 48.5 Å². The number of imidazole rings is 1. The summed E-state index contributed by atoms with van der Waals surface area (Å²) in [5, 5.41) is 12.4. The normalized spacial score (nSPS) is 18.7. The molecular weight excluding hydrogens is 476 g/mol. The highest BCUT2D eigenvalue weighted by Gasteiger charge is 2.35. The average molecular weight is 507 g/mol. The van der Waals surface area contributed by atoms with Gasteiger partial charge in [-0.15, -0.1) is 0 Å². The summed E-state index contributed by atoms with van der Waals surface area (Å²) in [6, 6.07) is 18.3. The quantitative estimate of drug-likeness (QED) is 0.569. The lowest BCUT2D eigenvalue weighted by Gasteiger charge is -2.30. The van der Waals surface area contributed by atoms with Crippen LogP contribution < -0.4 is 5.32 Å². The maximum Gasteiger partial charge on any atom is 0.262 e. The lowest BCUT2D eigenvalue weighted by Crippen LogP contribution is -2.39. The molecule has 0 aliphatic carbocycles. The molecule has 36 heavy (non-hydrogen) atoms. The van der Waals surface area contributed by atoms with Crippen LogP contribution in [0.15, 0.2) is 72.1 Å². The minimum absolute atomic E-state index is 0.00728. The van der Waals surface area contributed by atoms with E-state index in [0.717, 1.165) is 11.1 Å². The Kier molecular flexibility index (Phi) is 8.15. The third-order valence-electron chi connectivity index (χ3n) is 6.30. The highest BCUT2D eigenvalue weighted by molar-refractivity contribution is 7.89. The molecule has 1 saturated heterocycles. The Morgan fingerprint density at radius 3 is 2.56 bits per heavy atom. The Morgan fingerprint density at radius 1 is 1.08 bits per heavy atom. The molecule has 4 rings (SSSR count). The average Bonchev–Trinajstić information content (AvgIpc) is 3.31. The number of rotatable bonds is 5. The summed E-state index contributed by atoms with van der Waals surface area (Å²) in [7, 11) is -2.25. The Bertz CT molecular complexity index is 1330. The number of hydrogen-bond donors (Lipinski definition) is 1. The highest BCUT2D eigenvalue weighted by atomic mass is 32.2. The molecule has 1 atom stereocenters. The van der Waals surface area contributed by atoms with Gasteiger partial charge in [0.15, 0.2) is 5.03 Å². The number of aryl methyl sites for hydroxylation is 1. The molecule has 1 aliphatic heterocycles. The molecule has 9 nitrogen and oxygen atoms in total. The van der Waals surface area contributed by atoms with Gasteiger partial charge in [0, 0.05) is 45.8 Å². The van der Waals surface area contributed by atoms with E-state index in [2.05, 4.69) is 21.3 Å². The molecular formula is C26H30N6O3S.